The number of ether oxygens (including phenoxy) is 1. The molecule has 0 atom stereocenters. The number of hydrogen-bond acceptors (Lipinski definition) is 5. The van der Waals surface area contributed by atoms with Gasteiger partial charge in [0, 0.05) is 31.8 Å². The molecule has 140 valence electrons. The molecule has 1 saturated carbocycles. The number of carbonyl (C=O) groups is 1. The van der Waals surface area contributed by atoms with Crippen molar-refractivity contribution in [3.05, 3.63) is 58.9 Å². The molecule has 6 heteroatoms. The second kappa shape index (κ2) is 7.48. The van der Waals surface area contributed by atoms with Crippen LogP contribution in [-0.2, 0) is 11.3 Å². The van der Waals surface area contributed by atoms with Gasteiger partial charge >= 0.3 is 0 Å². The number of carbonyl (C=O) groups excluding carboxylic acids is 1. The quantitative estimate of drug-likeness (QED) is 0.639. The van der Waals surface area contributed by atoms with Crippen LogP contribution < -0.4 is 0 Å². The Morgan fingerprint density at radius 3 is 2.78 bits per heavy atom. The Kier molecular flexibility index (Phi) is 4.90. The summed E-state index contributed by atoms with van der Waals surface area (Å²) in [6, 6.07) is 11.9. The third-order valence-electron chi connectivity index (χ3n) is 4.93. The Bertz CT molecular complexity index is 948. The lowest BCUT2D eigenvalue weighted by Gasteiger charge is -2.23. The fourth-order valence-electron chi connectivity index (χ4n) is 3.30. The standard InChI is InChI=1S/C21H23N3O3/c1-14-19-17(12-18(16-8-9-16)22-20(19)27-23-14)21(25)24(10-11-26-2)13-15-6-4-3-5-7-15/h3-7,12,16H,8-11,13H2,1-2H3. The van der Waals surface area contributed by atoms with Crippen molar-refractivity contribution in [1.29, 1.82) is 0 Å². The fourth-order valence-corrected chi connectivity index (χ4v) is 3.30. The zero-order valence-electron chi connectivity index (χ0n) is 15.6. The molecule has 1 aromatic carbocycles. The molecular formula is C21H23N3O3. The number of rotatable bonds is 7. The summed E-state index contributed by atoms with van der Waals surface area (Å²) >= 11 is 0. The Morgan fingerprint density at radius 2 is 2.07 bits per heavy atom. The second-order valence-corrected chi connectivity index (χ2v) is 7.02. The van der Waals surface area contributed by atoms with Crippen molar-refractivity contribution in [2.45, 2.75) is 32.2 Å². The summed E-state index contributed by atoms with van der Waals surface area (Å²) in [5.74, 6) is 0.379. The van der Waals surface area contributed by atoms with Gasteiger partial charge in [0.2, 0.25) is 0 Å². The van der Waals surface area contributed by atoms with Gasteiger partial charge in [0.25, 0.3) is 11.6 Å². The molecule has 0 N–H and O–H groups in total. The maximum absolute atomic E-state index is 13.5. The van der Waals surface area contributed by atoms with Gasteiger partial charge in [0.1, 0.15) is 0 Å². The highest BCUT2D eigenvalue weighted by atomic mass is 16.5. The van der Waals surface area contributed by atoms with Crippen molar-refractivity contribution < 1.29 is 14.1 Å². The number of hydrogen-bond donors (Lipinski definition) is 0. The summed E-state index contributed by atoms with van der Waals surface area (Å²) in [6.45, 7) is 3.36. The van der Waals surface area contributed by atoms with Crippen molar-refractivity contribution in [2.75, 3.05) is 20.3 Å². The molecule has 1 fully saturated rings. The van der Waals surface area contributed by atoms with Crippen LogP contribution in [0.15, 0.2) is 40.9 Å². The zero-order valence-corrected chi connectivity index (χ0v) is 15.6. The second-order valence-electron chi connectivity index (χ2n) is 7.02. The predicted octanol–water partition coefficient (Wildman–Crippen LogP) is 3.70. The van der Waals surface area contributed by atoms with Crippen LogP contribution >= 0.6 is 0 Å². The third kappa shape index (κ3) is 3.71. The minimum atomic E-state index is -0.0449. The lowest BCUT2D eigenvalue weighted by atomic mass is 10.1. The highest BCUT2D eigenvalue weighted by Crippen LogP contribution is 2.40. The number of benzene rings is 1. The first kappa shape index (κ1) is 17.7. The summed E-state index contributed by atoms with van der Waals surface area (Å²) in [5, 5.41) is 4.74. The number of aryl methyl sites for hydroxylation is 1. The molecule has 0 spiro atoms. The smallest absolute Gasteiger partial charge is 0.259 e. The molecule has 1 aliphatic rings. The summed E-state index contributed by atoms with van der Waals surface area (Å²) in [4.78, 5) is 19.9. The molecule has 0 radical (unpaired) electrons. The predicted molar refractivity (Wildman–Crippen MR) is 102 cm³/mol. The molecule has 3 aromatic rings. The number of fused-ring (bicyclic) bond motifs is 1. The van der Waals surface area contributed by atoms with Crippen molar-refractivity contribution in [3.63, 3.8) is 0 Å². The number of methoxy groups -OCH3 is 1. The van der Waals surface area contributed by atoms with Crippen LogP contribution in [0, 0.1) is 6.92 Å². The zero-order chi connectivity index (χ0) is 18.8. The lowest BCUT2D eigenvalue weighted by molar-refractivity contribution is 0.0682. The molecule has 2 aromatic heterocycles. The normalized spacial score (nSPS) is 13.9. The van der Waals surface area contributed by atoms with E-state index in [9.17, 15) is 4.79 Å². The first-order valence-electron chi connectivity index (χ1n) is 9.26. The van der Waals surface area contributed by atoms with E-state index in [1.54, 1.807) is 7.11 Å². The SMILES string of the molecule is COCCN(Cc1ccccc1)C(=O)c1cc(C2CC2)nc2onc(C)c12. The maximum Gasteiger partial charge on any atom is 0.259 e. The van der Waals surface area contributed by atoms with E-state index < -0.39 is 0 Å². The fraction of sp³-hybridized carbons (Fsp3) is 0.381. The topological polar surface area (TPSA) is 68.5 Å². The molecule has 1 amide bonds. The Labute approximate surface area is 158 Å². The molecule has 1 aliphatic carbocycles. The van der Waals surface area contributed by atoms with E-state index in [4.69, 9.17) is 9.26 Å². The summed E-state index contributed by atoms with van der Waals surface area (Å²) in [7, 11) is 1.64. The van der Waals surface area contributed by atoms with Gasteiger partial charge in [-0.05, 0) is 31.4 Å². The first-order valence-corrected chi connectivity index (χ1v) is 9.26. The van der Waals surface area contributed by atoms with Crippen LogP contribution in [0.4, 0.5) is 0 Å². The summed E-state index contributed by atoms with van der Waals surface area (Å²) < 4.78 is 10.6. The Morgan fingerprint density at radius 1 is 1.30 bits per heavy atom. The average molecular weight is 365 g/mol. The van der Waals surface area contributed by atoms with Gasteiger partial charge in [-0.3, -0.25) is 4.79 Å². The number of aromatic nitrogens is 2. The highest BCUT2D eigenvalue weighted by Gasteiger charge is 2.29. The Hall–Kier alpha value is -2.73. The van der Waals surface area contributed by atoms with E-state index >= 15 is 0 Å². The van der Waals surface area contributed by atoms with Gasteiger partial charge < -0.3 is 14.2 Å². The highest BCUT2D eigenvalue weighted by molar-refractivity contribution is 6.06. The van der Waals surface area contributed by atoms with Crippen LogP contribution in [-0.4, -0.2) is 41.2 Å². The van der Waals surface area contributed by atoms with E-state index in [2.05, 4.69) is 10.1 Å². The summed E-state index contributed by atoms with van der Waals surface area (Å²) in [6.07, 6.45) is 2.22. The van der Waals surface area contributed by atoms with Crippen LogP contribution in [0.3, 0.4) is 0 Å². The number of pyridine rings is 1. The van der Waals surface area contributed by atoms with Crippen LogP contribution in [0.5, 0.6) is 0 Å². The summed E-state index contributed by atoms with van der Waals surface area (Å²) in [5.41, 5.74) is 3.76. The maximum atomic E-state index is 13.5. The van der Waals surface area contributed by atoms with Gasteiger partial charge in [-0.25, -0.2) is 4.98 Å². The molecular weight excluding hydrogens is 342 g/mol. The minimum absolute atomic E-state index is 0.0449. The van der Waals surface area contributed by atoms with E-state index in [1.165, 1.54) is 0 Å². The van der Waals surface area contributed by atoms with E-state index in [0.29, 0.717) is 48.0 Å². The van der Waals surface area contributed by atoms with E-state index in [1.807, 2.05) is 48.2 Å². The average Bonchev–Trinajstić information content (AvgIpc) is 3.48. The number of nitrogens with zero attached hydrogens (tertiary/aromatic N) is 3. The third-order valence-corrected chi connectivity index (χ3v) is 4.93. The van der Waals surface area contributed by atoms with Gasteiger partial charge in [-0.2, -0.15) is 0 Å². The number of amides is 1. The monoisotopic (exact) mass is 365 g/mol. The molecule has 27 heavy (non-hydrogen) atoms. The largest absolute Gasteiger partial charge is 0.383 e. The van der Waals surface area contributed by atoms with Crippen molar-refractivity contribution in [2.24, 2.45) is 0 Å². The van der Waals surface area contributed by atoms with E-state index in [-0.39, 0.29) is 5.91 Å². The van der Waals surface area contributed by atoms with Gasteiger partial charge in [-0.1, -0.05) is 35.5 Å². The molecule has 4 rings (SSSR count). The van der Waals surface area contributed by atoms with Crippen LogP contribution in [0.2, 0.25) is 0 Å². The van der Waals surface area contributed by atoms with Crippen LogP contribution in [0.25, 0.3) is 11.1 Å². The Balaban J connectivity index is 1.72. The van der Waals surface area contributed by atoms with Gasteiger partial charge in [-0.15, -0.1) is 0 Å². The molecule has 0 unspecified atom stereocenters. The van der Waals surface area contributed by atoms with Crippen molar-refractivity contribution >= 4 is 17.0 Å². The van der Waals surface area contributed by atoms with Crippen LogP contribution in [0.1, 0.15) is 46.1 Å². The molecule has 0 saturated heterocycles. The molecule has 2 heterocycles. The minimum Gasteiger partial charge on any atom is -0.383 e. The first-order chi connectivity index (χ1) is 13.2. The lowest BCUT2D eigenvalue weighted by Crippen LogP contribution is -2.33. The van der Waals surface area contributed by atoms with Crippen molar-refractivity contribution in [1.82, 2.24) is 15.0 Å². The van der Waals surface area contributed by atoms with Gasteiger partial charge in [0.05, 0.1) is 23.3 Å². The van der Waals surface area contributed by atoms with E-state index in [0.717, 1.165) is 24.1 Å². The van der Waals surface area contributed by atoms with Crippen molar-refractivity contribution in [3.8, 4) is 0 Å². The molecule has 0 aliphatic heterocycles. The molecule has 6 nitrogen and oxygen atoms in total. The molecule has 0 bridgehead atoms. The van der Waals surface area contributed by atoms with Gasteiger partial charge in [0.15, 0.2) is 0 Å².